The summed E-state index contributed by atoms with van der Waals surface area (Å²) < 4.78 is 0. The van der Waals surface area contributed by atoms with Crippen molar-refractivity contribution in [2.45, 2.75) is 18.8 Å². The van der Waals surface area contributed by atoms with Gasteiger partial charge in [-0.2, -0.15) is 0 Å². The van der Waals surface area contributed by atoms with Crippen molar-refractivity contribution in [3.05, 3.63) is 106 Å². The summed E-state index contributed by atoms with van der Waals surface area (Å²) in [6.45, 7) is 0. The van der Waals surface area contributed by atoms with Crippen molar-refractivity contribution in [2.24, 2.45) is 0 Å². The van der Waals surface area contributed by atoms with E-state index in [0.717, 1.165) is 18.4 Å². The Hall–Kier alpha value is -2.61. The summed E-state index contributed by atoms with van der Waals surface area (Å²) in [5.74, 6) is 0.307. The van der Waals surface area contributed by atoms with Gasteiger partial charge in [0.15, 0.2) is 0 Å². The lowest BCUT2D eigenvalue weighted by molar-refractivity contribution is 0.710. The van der Waals surface area contributed by atoms with Gasteiger partial charge in [0.25, 0.3) is 5.56 Å². The molecule has 0 radical (unpaired) electrons. The maximum atomic E-state index is 11.8. The van der Waals surface area contributed by atoms with Gasteiger partial charge in [-0.25, -0.2) is 0 Å². The van der Waals surface area contributed by atoms with E-state index in [0.29, 0.717) is 5.92 Å². The van der Waals surface area contributed by atoms with Crippen LogP contribution in [0, 0.1) is 0 Å². The minimum absolute atomic E-state index is 0.0161. The zero-order chi connectivity index (χ0) is 15.2. The van der Waals surface area contributed by atoms with Crippen molar-refractivity contribution in [3.8, 4) is 0 Å². The fraction of sp³-hybridized carbons (Fsp3) is 0.150. The molecule has 0 bridgehead atoms. The molecule has 0 spiro atoms. The van der Waals surface area contributed by atoms with Crippen molar-refractivity contribution < 1.29 is 0 Å². The van der Waals surface area contributed by atoms with Crippen LogP contribution >= 0.6 is 0 Å². The summed E-state index contributed by atoms with van der Waals surface area (Å²) >= 11 is 0. The number of aromatic amines is 1. The Morgan fingerprint density at radius 1 is 0.773 bits per heavy atom. The Morgan fingerprint density at radius 3 is 1.91 bits per heavy atom. The molecule has 0 saturated carbocycles. The minimum atomic E-state index is 0.0161. The fourth-order valence-electron chi connectivity index (χ4n) is 2.85. The molecule has 2 nitrogen and oxygen atoms in total. The number of aryl methyl sites for hydroxylation is 1. The van der Waals surface area contributed by atoms with Crippen molar-refractivity contribution in [3.63, 3.8) is 0 Å². The van der Waals surface area contributed by atoms with Gasteiger partial charge in [0.05, 0.1) is 0 Å². The third-order valence-corrected chi connectivity index (χ3v) is 4.01. The molecule has 3 aromatic rings. The molecule has 0 saturated heterocycles. The Balaban J connectivity index is 1.87. The molecule has 1 heterocycles. The Kier molecular flexibility index (Phi) is 4.50. The molecule has 1 aromatic heterocycles. The number of rotatable bonds is 5. The van der Waals surface area contributed by atoms with Gasteiger partial charge in [0.1, 0.15) is 0 Å². The maximum absolute atomic E-state index is 11.8. The summed E-state index contributed by atoms with van der Waals surface area (Å²) in [6.07, 6.45) is 3.36. The van der Waals surface area contributed by atoms with Crippen LogP contribution in [0.15, 0.2) is 83.8 Å². The average molecular weight is 289 g/mol. The number of hydrogen-bond acceptors (Lipinski definition) is 1. The molecule has 2 aromatic carbocycles. The lowest BCUT2D eigenvalue weighted by atomic mass is 9.86. The SMILES string of the molecule is O=c1[nH]cccc1CCC(c1ccccc1)c1ccccc1. The van der Waals surface area contributed by atoms with E-state index in [1.807, 2.05) is 24.3 Å². The largest absolute Gasteiger partial charge is 0.329 e. The molecule has 0 aliphatic heterocycles. The number of pyridine rings is 1. The van der Waals surface area contributed by atoms with Crippen LogP contribution in [0.5, 0.6) is 0 Å². The van der Waals surface area contributed by atoms with Crippen molar-refractivity contribution in [2.75, 3.05) is 0 Å². The van der Waals surface area contributed by atoms with E-state index in [4.69, 9.17) is 0 Å². The molecule has 0 unspecified atom stereocenters. The molecule has 0 fully saturated rings. The molecule has 22 heavy (non-hydrogen) atoms. The first-order valence-electron chi connectivity index (χ1n) is 7.61. The van der Waals surface area contributed by atoms with Crippen molar-refractivity contribution >= 4 is 0 Å². The summed E-state index contributed by atoms with van der Waals surface area (Å²) in [6, 6.07) is 24.8. The second kappa shape index (κ2) is 6.90. The van der Waals surface area contributed by atoms with E-state index in [2.05, 4.69) is 53.5 Å². The lowest BCUT2D eigenvalue weighted by Gasteiger charge is -2.18. The van der Waals surface area contributed by atoms with Crippen LogP contribution in [0.2, 0.25) is 0 Å². The highest BCUT2D eigenvalue weighted by Crippen LogP contribution is 2.28. The van der Waals surface area contributed by atoms with Gasteiger partial charge in [0, 0.05) is 17.7 Å². The number of benzene rings is 2. The zero-order valence-corrected chi connectivity index (χ0v) is 12.4. The predicted octanol–water partition coefficient (Wildman–Crippen LogP) is 4.14. The van der Waals surface area contributed by atoms with Gasteiger partial charge in [0.2, 0.25) is 0 Å². The Bertz CT molecular complexity index is 723. The van der Waals surface area contributed by atoms with Crippen LogP contribution in [-0.4, -0.2) is 4.98 Å². The number of hydrogen-bond donors (Lipinski definition) is 1. The Morgan fingerprint density at radius 2 is 1.36 bits per heavy atom. The van der Waals surface area contributed by atoms with Crippen LogP contribution in [0.3, 0.4) is 0 Å². The normalized spacial score (nSPS) is 10.8. The first kappa shape index (κ1) is 14.3. The minimum Gasteiger partial charge on any atom is -0.329 e. The highest BCUT2D eigenvalue weighted by molar-refractivity contribution is 5.32. The van der Waals surface area contributed by atoms with Crippen LogP contribution in [0.1, 0.15) is 29.0 Å². The third-order valence-electron chi connectivity index (χ3n) is 4.01. The van der Waals surface area contributed by atoms with E-state index < -0.39 is 0 Å². The van der Waals surface area contributed by atoms with Crippen LogP contribution in [0.4, 0.5) is 0 Å². The number of nitrogens with one attached hydrogen (secondary N) is 1. The summed E-state index contributed by atoms with van der Waals surface area (Å²) in [7, 11) is 0. The van der Waals surface area contributed by atoms with Gasteiger partial charge in [-0.15, -0.1) is 0 Å². The highest BCUT2D eigenvalue weighted by Gasteiger charge is 2.14. The molecule has 2 heteroatoms. The smallest absolute Gasteiger partial charge is 0.251 e. The van der Waals surface area contributed by atoms with Crippen LogP contribution in [-0.2, 0) is 6.42 Å². The van der Waals surface area contributed by atoms with Crippen molar-refractivity contribution in [1.29, 1.82) is 0 Å². The molecule has 0 amide bonds. The molecule has 0 aliphatic rings. The Labute approximate surface area is 130 Å². The highest BCUT2D eigenvalue weighted by atomic mass is 16.1. The molecular formula is C20H19NO. The average Bonchev–Trinajstić information content (AvgIpc) is 2.59. The van der Waals surface area contributed by atoms with Crippen LogP contribution < -0.4 is 5.56 Å². The van der Waals surface area contributed by atoms with Gasteiger partial charge < -0.3 is 4.98 Å². The third kappa shape index (κ3) is 3.34. The summed E-state index contributed by atoms with van der Waals surface area (Å²) in [5, 5.41) is 0. The van der Waals surface area contributed by atoms with Gasteiger partial charge in [-0.1, -0.05) is 66.7 Å². The monoisotopic (exact) mass is 289 g/mol. The second-order valence-electron chi connectivity index (χ2n) is 5.44. The van der Waals surface area contributed by atoms with E-state index in [9.17, 15) is 4.79 Å². The number of H-pyrrole nitrogens is 1. The first-order valence-corrected chi connectivity index (χ1v) is 7.61. The van der Waals surface area contributed by atoms with Crippen LogP contribution in [0.25, 0.3) is 0 Å². The molecular weight excluding hydrogens is 270 g/mol. The van der Waals surface area contributed by atoms with E-state index >= 15 is 0 Å². The molecule has 1 N–H and O–H groups in total. The molecule has 3 rings (SSSR count). The fourth-order valence-corrected chi connectivity index (χ4v) is 2.85. The summed E-state index contributed by atoms with van der Waals surface area (Å²) in [4.78, 5) is 14.6. The molecule has 110 valence electrons. The molecule has 0 atom stereocenters. The summed E-state index contributed by atoms with van der Waals surface area (Å²) in [5.41, 5.74) is 3.45. The standard InChI is InChI=1S/C20H19NO/c22-20-18(12-7-15-21-20)13-14-19(16-8-3-1-4-9-16)17-10-5-2-6-11-17/h1-12,15,19H,13-14H2,(H,21,22). The van der Waals surface area contributed by atoms with Gasteiger partial charge >= 0.3 is 0 Å². The quantitative estimate of drug-likeness (QED) is 0.752. The molecule has 0 aliphatic carbocycles. The van der Waals surface area contributed by atoms with Gasteiger partial charge in [-0.05, 0) is 30.0 Å². The lowest BCUT2D eigenvalue weighted by Crippen LogP contribution is -2.12. The predicted molar refractivity (Wildman–Crippen MR) is 90.1 cm³/mol. The van der Waals surface area contributed by atoms with E-state index in [1.54, 1.807) is 6.20 Å². The first-order chi connectivity index (χ1) is 10.8. The number of aromatic nitrogens is 1. The van der Waals surface area contributed by atoms with E-state index in [-0.39, 0.29) is 5.56 Å². The van der Waals surface area contributed by atoms with E-state index in [1.165, 1.54) is 11.1 Å². The maximum Gasteiger partial charge on any atom is 0.251 e. The second-order valence-corrected chi connectivity index (χ2v) is 5.44. The topological polar surface area (TPSA) is 32.9 Å². The van der Waals surface area contributed by atoms with Gasteiger partial charge in [-0.3, -0.25) is 4.79 Å². The van der Waals surface area contributed by atoms with Crippen molar-refractivity contribution in [1.82, 2.24) is 4.98 Å². The zero-order valence-electron chi connectivity index (χ0n) is 12.4.